The van der Waals surface area contributed by atoms with Gasteiger partial charge in [0.15, 0.2) is 0 Å². The van der Waals surface area contributed by atoms with Gasteiger partial charge in [-0.3, -0.25) is 0 Å². The zero-order valence-corrected chi connectivity index (χ0v) is 20.4. The van der Waals surface area contributed by atoms with Crippen molar-refractivity contribution in [3.8, 4) is 22.3 Å². The first-order valence-electron chi connectivity index (χ1n) is 16.5. The summed E-state index contributed by atoms with van der Waals surface area (Å²) >= 11 is 0. The van der Waals surface area contributed by atoms with Gasteiger partial charge in [0.1, 0.15) is 11.2 Å². The van der Waals surface area contributed by atoms with Crippen LogP contribution in [0.25, 0.3) is 76.5 Å². The third-order valence-corrected chi connectivity index (χ3v) is 7.47. The highest BCUT2D eigenvalue weighted by molar-refractivity contribution is 6.22. The van der Waals surface area contributed by atoms with Gasteiger partial charge in [-0.25, -0.2) is 0 Å². The Morgan fingerprint density at radius 3 is 1.82 bits per heavy atom. The van der Waals surface area contributed by atoms with E-state index < -0.39 is 24.2 Å². The van der Waals surface area contributed by atoms with Crippen LogP contribution in [0.4, 0.5) is 0 Å². The third kappa shape index (κ3) is 2.99. The van der Waals surface area contributed by atoms with Crippen molar-refractivity contribution < 1.29 is 15.4 Å². The smallest absolute Gasteiger partial charge is 0.136 e. The Labute approximate surface area is 231 Å². The molecule has 38 heavy (non-hydrogen) atoms. The number of furan rings is 1. The molecule has 0 saturated carbocycles. The largest absolute Gasteiger partial charge is 0.456 e. The minimum absolute atomic E-state index is 0.191. The number of rotatable bonds is 2. The van der Waals surface area contributed by atoms with Crippen molar-refractivity contribution >= 4 is 54.3 Å². The minimum atomic E-state index is -0.421. The molecule has 0 atom stereocenters. The third-order valence-electron chi connectivity index (χ3n) is 7.47. The Hall–Kier alpha value is -4.88. The first kappa shape index (κ1) is 14.8. The topological polar surface area (TPSA) is 13.1 Å². The highest BCUT2D eigenvalue weighted by Crippen LogP contribution is 2.45. The normalized spacial score (nSPS) is 14.8. The molecule has 7 aromatic carbocycles. The van der Waals surface area contributed by atoms with Crippen LogP contribution in [0.3, 0.4) is 0 Å². The Morgan fingerprint density at radius 2 is 1.13 bits per heavy atom. The van der Waals surface area contributed by atoms with Crippen LogP contribution in [0.1, 0.15) is 16.5 Å². The fraction of sp³-hybridized carbons (Fsp3) is 0.0270. The Kier molecular flexibility index (Phi) is 3.13. The Morgan fingerprint density at radius 1 is 0.526 bits per heavy atom. The van der Waals surface area contributed by atoms with Gasteiger partial charge in [0.05, 0.1) is 11.0 Å². The van der Waals surface area contributed by atoms with E-state index >= 15 is 0 Å². The summed E-state index contributed by atoms with van der Waals surface area (Å²) < 4.78 is 77.3. The lowest BCUT2D eigenvalue weighted by Gasteiger charge is -2.17. The average Bonchev–Trinajstić information content (AvgIpc) is 3.44. The molecule has 178 valence electrons. The molecule has 0 aliphatic carbocycles. The maximum absolute atomic E-state index is 9.16. The number of hydrogen-bond acceptors (Lipinski definition) is 1. The number of aryl methyl sites for hydroxylation is 1. The average molecular weight is 493 g/mol. The molecule has 0 bridgehead atoms. The second kappa shape index (κ2) is 8.06. The number of hydrogen-bond donors (Lipinski definition) is 0. The van der Waals surface area contributed by atoms with Crippen molar-refractivity contribution in [1.29, 1.82) is 0 Å². The van der Waals surface area contributed by atoms with E-state index in [1.807, 2.05) is 49.4 Å². The molecule has 0 amide bonds. The van der Waals surface area contributed by atoms with E-state index in [4.69, 9.17) is 15.4 Å². The first-order chi connectivity index (χ1) is 22.1. The molecule has 0 fully saturated rings. The van der Waals surface area contributed by atoms with Gasteiger partial charge in [-0.1, -0.05) is 109 Å². The van der Waals surface area contributed by atoms with Gasteiger partial charge in [-0.15, -0.1) is 0 Å². The SMILES string of the molecule is [2H]c1c([2H])c([2H])c2c(-c3ccc4oc5cc6ccccc6c(C)c5c4c3)c3c([2H])c([2H])c([2H])c([2H])c3c(-c3ccccc3)c2c1[2H]. The Bertz CT molecular complexity index is 2540. The summed E-state index contributed by atoms with van der Waals surface area (Å²) in [5.74, 6) is 0. The van der Waals surface area contributed by atoms with Gasteiger partial charge in [0.2, 0.25) is 0 Å². The van der Waals surface area contributed by atoms with E-state index in [9.17, 15) is 0 Å². The van der Waals surface area contributed by atoms with E-state index in [2.05, 4.69) is 6.07 Å². The summed E-state index contributed by atoms with van der Waals surface area (Å²) in [6, 6.07) is 21.8. The molecule has 1 aromatic heterocycles. The molecule has 1 heteroatoms. The van der Waals surface area contributed by atoms with Crippen molar-refractivity contribution in [2.24, 2.45) is 0 Å². The number of benzene rings is 7. The monoisotopic (exact) mass is 492 g/mol. The van der Waals surface area contributed by atoms with E-state index in [1.54, 1.807) is 30.3 Å². The van der Waals surface area contributed by atoms with Crippen LogP contribution in [-0.4, -0.2) is 0 Å². The van der Waals surface area contributed by atoms with Crippen LogP contribution < -0.4 is 0 Å². The van der Waals surface area contributed by atoms with E-state index in [-0.39, 0.29) is 45.7 Å². The molecule has 0 saturated heterocycles. The van der Waals surface area contributed by atoms with E-state index in [1.165, 1.54) is 0 Å². The summed E-state index contributed by atoms with van der Waals surface area (Å²) in [6.07, 6.45) is 0. The predicted molar refractivity (Wildman–Crippen MR) is 162 cm³/mol. The molecular formula is C37H24O. The second-order valence-corrected chi connectivity index (χ2v) is 9.52. The van der Waals surface area contributed by atoms with Crippen molar-refractivity contribution in [3.05, 3.63) is 133 Å². The summed E-state index contributed by atoms with van der Waals surface area (Å²) in [5.41, 5.74) is 4.16. The summed E-state index contributed by atoms with van der Waals surface area (Å²) in [7, 11) is 0. The van der Waals surface area contributed by atoms with Crippen molar-refractivity contribution in [3.63, 3.8) is 0 Å². The van der Waals surface area contributed by atoms with Gasteiger partial charge in [0.25, 0.3) is 0 Å². The lowest BCUT2D eigenvalue weighted by molar-refractivity contribution is 0.669. The molecule has 1 nitrogen and oxygen atoms in total. The molecule has 0 unspecified atom stereocenters. The fourth-order valence-electron chi connectivity index (χ4n) is 5.81. The second-order valence-electron chi connectivity index (χ2n) is 9.52. The summed E-state index contributed by atoms with van der Waals surface area (Å²) in [4.78, 5) is 0. The molecule has 0 spiro atoms. The van der Waals surface area contributed by atoms with E-state index in [0.717, 1.165) is 27.1 Å². The zero-order valence-electron chi connectivity index (χ0n) is 28.4. The number of fused-ring (bicyclic) bond motifs is 6. The highest BCUT2D eigenvalue weighted by atomic mass is 16.3. The lowest BCUT2D eigenvalue weighted by atomic mass is 9.85. The molecule has 0 aliphatic heterocycles. The van der Waals surface area contributed by atoms with Crippen molar-refractivity contribution in [1.82, 2.24) is 0 Å². The van der Waals surface area contributed by atoms with Crippen molar-refractivity contribution in [2.75, 3.05) is 0 Å². The van der Waals surface area contributed by atoms with Gasteiger partial charge < -0.3 is 4.42 Å². The van der Waals surface area contributed by atoms with Crippen LogP contribution in [0.15, 0.2) is 132 Å². The Balaban J connectivity index is 1.64. The summed E-state index contributed by atoms with van der Waals surface area (Å²) in [6.45, 7) is 2.04. The van der Waals surface area contributed by atoms with Crippen LogP contribution in [0.2, 0.25) is 0 Å². The molecule has 0 aliphatic rings. The van der Waals surface area contributed by atoms with Crippen molar-refractivity contribution in [2.45, 2.75) is 6.92 Å². The van der Waals surface area contributed by atoms with E-state index in [0.29, 0.717) is 33.4 Å². The summed E-state index contributed by atoms with van der Waals surface area (Å²) in [5, 5.41) is 4.61. The van der Waals surface area contributed by atoms with Gasteiger partial charge in [-0.2, -0.15) is 0 Å². The maximum Gasteiger partial charge on any atom is 0.136 e. The molecule has 1 heterocycles. The van der Waals surface area contributed by atoms with Crippen LogP contribution >= 0.6 is 0 Å². The minimum Gasteiger partial charge on any atom is -0.456 e. The lowest BCUT2D eigenvalue weighted by Crippen LogP contribution is -1.90. The molecular weight excluding hydrogens is 460 g/mol. The van der Waals surface area contributed by atoms with Gasteiger partial charge in [0, 0.05) is 10.8 Å². The van der Waals surface area contributed by atoms with Crippen LogP contribution in [0, 0.1) is 6.92 Å². The quantitative estimate of drug-likeness (QED) is 0.219. The fourth-order valence-corrected chi connectivity index (χ4v) is 5.81. The first-order valence-corrected chi connectivity index (χ1v) is 12.5. The van der Waals surface area contributed by atoms with Gasteiger partial charge in [-0.05, 0) is 85.3 Å². The van der Waals surface area contributed by atoms with Crippen LogP contribution in [-0.2, 0) is 0 Å². The molecule has 0 radical (unpaired) electrons. The molecule has 8 aromatic rings. The highest BCUT2D eigenvalue weighted by Gasteiger charge is 2.18. The van der Waals surface area contributed by atoms with Gasteiger partial charge >= 0.3 is 0 Å². The predicted octanol–water partition coefficient (Wildman–Crippen LogP) is 10.7. The van der Waals surface area contributed by atoms with Crippen LogP contribution in [0.5, 0.6) is 0 Å². The molecule has 0 N–H and O–H groups in total. The zero-order chi connectivity index (χ0) is 32.2. The maximum atomic E-state index is 9.16. The molecule has 8 rings (SSSR count). The standard InChI is InChI=1S/C37H24O/c1-23-27-14-6-5-13-25(27)22-34-35(23)32-21-26(19-20-33(32)38-34)37-30-17-9-7-15-28(30)36(24-11-3-2-4-12-24)29-16-8-10-18-31(29)37/h2-22H,1H3/i7D,8D,9D,10D,15D,16D,17D,18D.